The average molecular weight is 411 g/mol. The predicted molar refractivity (Wildman–Crippen MR) is 106 cm³/mol. The molecule has 9 nitrogen and oxygen atoms in total. The van der Waals surface area contributed by atoms with Gasteiger partial charge in [0.1, 0.15) is 6.73 Å². The van der Waals surface area contributed by atoms with Gasteiger partial charge in [-0.25, -0.2) is 4.18 Å². The van der Waals surface area contributed by atoms with Crippen LogP contribution in [-0.4, -0.2) is 75.4 Å². The number of carboxylic acid groups (broad SMARTS) is 1. The number of rotatable bonds is 10. The summed E-state index contributed by atoms with van der Waals surface area (Å²) in [5, 5.41) is 9.89. The number of morpholine rings is 1. The zero-order chi connectivity index (χ0) is 19.9. The maximum absolute atomic E-state index is 11.0. The molecular weight excluding hydrogens is 386 g/mol. The van der Waals surface area contributed by atoms with Crippen LogP contribution in [0, 0.1) is 0 Å². The van der Waals surface area contributed by atoms with E-state index in [1.165, 1.54) is 0 Å². The van der Waals surface area contributed by atoms with Crippen molar-refractivity contribution in [1.29, 1.82) is 0 Å². The number of anilines is 1. The lowest BCUT2D eigenvalue weighted by Gasteiger charge is -2.31. The van der Waals surface area contributed by atoms with Crippen LogP contribution in [0.2, 0.25) is 0 Å². The normalized spacial score (nSPS) is 16.3. The Labute approximate surface area is 165 Å². The van der Waals surface area contributed by atoms with Gasteiger partial charge in [-0.3, -0.25) is 14.2 Å². The van der Waals surface area contributed by atoms with Crippen molar-refractivity contribution in [3.05, 3.63) is 30.5 Å². The predicted octanol–water partition coefficient (Wildman–Crippen LogP) is 1.37. The van der Waals surface area contributed by atoms with Crippen molar-refractivity contribution in [1.82, 2.24) is 9.47 Å². The van der Waals surface area contributed by atoms with Gasteiger partial charge in [-0.15, -0.1) is 0 Å². The summed E-state index contributed by atoms with van der Waals surface area (Å²) in [7, 11) is 0. The fourth-order valence-corrected chi connectivity index (χ4v) is 3.56. The number of aromatic nitrogens is 1. The molecule has 0 saturated carbocycles. The summed E-state index contributed by atoms with van der Waals surface area (Å²) in [6.45, 7) is 4.89. The number of aliphatic carboxylic acids is 1. The highest BCUT2D eigenvalue weighted by atomic mass is 32.2. The third-order valence-corrected chi connectivity index (χ3v) is 5.10. The molecule has 0 aliphatic carbocycles. The number of carboxylic acids is 1. The summed E-state index contributed by atoms with van der Waals surface area (Å²) < 4.78 is 32.3. The Balaban J connectivity index is 1.80. The zero-order valence-electron chi connectivity index (χ0n) is 15.5. The molecular formula is C18H25N3O6S. The number of benzene rings is 1. The Morgan fingerprint density at radius 1 is 1.25 bits per heavy atom. The SMILES string of the molecule is O=C(O)CCn1ccc2c(N(CCN3CCOCC3)COS(=O)O)cccc21. The van der Waals surface area contributed by atoms with Crippen LogP contribution in [-0.2, 0) is 31.6 Å². The van der Waals surface area contributed by atoms with Crippen LogP contribution in [0.25, 0.3) is 10.9 Å². The Morgan fingerprint density at radius 2 is 2.04 bits per heavy atom. The van der Waals surface area contributed by atoms with E-state index in [9.17, 15) is 9.00 Å². The molecule has 1 fully saturated rings. The van der Waals surface area contributed by atoms with E-state index < -0.39 is 17.3 Å². The zero-order valence-corrected chi connectivity index (χ0v) is 16.3. The minimum atomic E-state index is -2.35. The van der Waals surface area contributed by atoms with Gasteiger partial charge in [-0.1, -0.05) is 6.07 Å². The first-order chi connectivity index (χ1) is 13.5. The van der Waals surface area contributed by atoms with Crippen LogP contribution in [0.15, 0.2) is 30.5 Å². The number of hydrogen-bond donors (Lipinski definition) is 2. The van der Waals surface area contributed by atoms with Gasteiger partial charge in [0.15, 0.2) is 0 Å². The quantitative estimate of drug-likeness (QED) is 0.446. The second-order valence-electron chi connectivity index (χ2n) is 6.54. The van der Waals surface area contributed by atoms with Crippen LogP contribution >= 0.6 is 0 Å². The third kappa shape index (κ3) is 5.52. The lowest BCUT2D eigenvalue weighted by Crippen LogP contribution is -2.42. The second kappa shape index (κ2) is 9.99. The molecule has 1 aliphatic heterocycles. The van der Waals surface area contributed by atoms with Crippen molar-refractivity contribution in [2.75, 3.05) is 51.0 Å². The molecule has 0 spiro atoms. The Hall–Kier alpha value is -1.98. The summed E-state index contributed by atoms with van der Waals surface area (Å²) in [4.78, 5) is 15.1. The topological polar surface area (TPSA) is 104 Å². The van der Waals surface area contributed by atoms with Crippen molar-refractivity contribution in [2.45, 2.75) is 13.0 Å². The van der Waals surface area contributed by atoms with Gasteiger partial charge >= 0.3 is 17.3 Å². The van der Waals surface area contributed by atoms with Gasteiger partial charge in [0.05, 0.1) is 25.2 Å². The number of fused-ring (bicyclic) bond motifs is 1. The molecule has 2 N–H and O–H groups in total. The molecule has 0 amide bonds. The van der Waals surface area contributed by atoms with E-state index in [4.69, 9.17) is 18.6 Å². The molecule has 1 saturated heterocycles. The highest BCUT2D eigenvalue weighted by Crippen LogP contribution is 2.28. The fourth-order valence-electron chi connectivity index (χ4n) is 3.34. The van der Waals surface area contributed by atoms with Crippen LogP contribution in [0.1, 0.15) is 6.42 Å². The largest absolute Gasteiger partial charge is 0.481 e. The van der Waals surface area contributed by atoms with Crippen molar-refractivity contribution in [2.24, 2.45) is 0 Å². The van der Waals surface area contributed by atoms with Crippen LogP contribution < -0.4 is 4.90 Å². The first-order valence-corrected chi connectivity index (χ1v) is 10.2. The lowest BCUT2D eigenvalue weighted by molar-refractivity contribution is -0.137. The number of nitrogens with zero attached hydrogens (tertiary/aromatic N) is 3. The van der Waals surface area contributed by atoms with Gasteiger partial charge in [-0.2, -0.15) is 4.21 Å². The highest BCUT2D eigenvalue weighted by molar-refractivity contribution is 7.74. The van der Waals surface area contributed by atoms with Crippen LogP contribution in [0.3, 0.4) is 0 Å². The van der Waals surface area contributed by atoms with Crippen molar-refractivity contribution >= 4 is 33.9 Å². The van der Waals surface area contributed by atoms with E-state index >= 15 is 0 Å². The summed E-state index contributed by atoms with van der Waals surface area (Å²) in [6.07, 6.45) is 1.91. The van der Waals surface area contributed by atoms with E-state index in [1.54, 1.807) is 0 Å². The first kappa shape index (κ1) is 20.7. The van der Waals surface area contributed by atoms with E-state index in [2.05, 4.69) is 4.90 Å². The van der Waals surface area contributed by atoms with Gasteiger partial charge in [0, 0.05) is 50.0 Å². The van der Waals surface area contributed by atoms with Crippen molar-refractivity contribution < 1.29 is 27.6 Å². The highest BCUT2D eigenvalue weighted by Gasteiger charge is 2.17. The van der Waals surface area contributed by atoms with E-state index in [0.717, 1.165) is 36.2 Å². The lowest BCUT2D eigenvalue weighted by atomic mass is 10.2. The molecule has 1 aromatic carbocycles. The minimum Gasteiger partial charge on any atom is -0.481 e. The fraction of sp³-hybridized carbons (Fsp3) is 0.500. The number of aryl methyl sites for hydroxylation is 1. The number of hydrogen-bond acceptors (Lipinski definition) is 6. The number of carbonyl (C=O) groups is 1. The van der Waals surface area contributed by atoms with Gasteiger partial charge in [-0.05, 0) is 18.2 Å². The summed E-state index contributed by atoms with van der Waals surface area (Å²) in [5.41, 5.74) is 1.80. The van der Waals surface area contributed by atoms with Crippen molar-refractivity contribution in [3.8, 4) is 0 Å². The molecule has 2 heterocycles. The van der Waals surface area contributed by atoms with E-state index in [1.807, 2.05) is 39.9 Å². The van der Waals surface area contributed by atoms with Crippen LogP contribution in [0.4, 0.5) is 5.69 Å². The summed E-state index contributed by atoms with van der Waals surface area (Å²) in [6, 6.07) is 7.70. The molecule has 1 aromatic heterocycles. The smallest absolute Gasteiger partial charge is 0.305 e. The summed E-state index contributed by atoms with van der Waals surface area (Å²) >= 11 is -2.35. The van der Waals surface area contributed by atoms with Gasteiger partial charge in [0.2, 0.25) is 0 Å². The Bertz CT molecular complexity index is 821. The molecule has 154 valence electrons. The molecule has 2 aromatic rings. The minimum absolute atomic E-state index is 0.0210. The molecule has 10 heteroatoms. The number of ether oxygens (including phenoxy) is 1. The third-order valence-electron chi connectivity index (χ3n) is 4.80. The molecule has 28 heavy (non-hydrogen) atoms. The monoisotopic (exact) mass is 411 g/mol. The standard InChI is InChI=1S/C18H25N3O6S/c22-18(23)5-7-20-6-4-15-16(20)2-1-3-17(15)21(14-27-28(24)25)9-8-19-10-12-26-13-11-19/h1-4,6H,5,7-14H2,(H,22,23)(H,24,25). The molecule has 1 atom stereocenters. The van der Waals surface area contributed by atoms with Gasteiger partial charge < -0.3 is 19.3 Å². The summed E-state index contributed by atoms with van der Waals surface area (Å²) in [5.74, 6) is -0.844. The Morgan fingerprint density at radius 3 is 2.75 bits per heavy atom. The van der Waals surface area contributed by atoms with E-state index in [-0.39, 0.29) is 13.2 Å². The molecule has 0 radical (unpaired) electrons. The van der Waals surface area contributed by atoms with Gasteiger partial charge in [0.25, 0.3) is 0 Å². The molecule has 3 rings (SSSR count). The van der Waals surface area contributed by atoms with E-state index in [0.29, 0.717) is 26.3 Å². The maximum Gasteiger partial charge on any atom is 0.305 e. The van der Waals surface area contributed by atoms with Crippen LogP contribution in [0.5, 0.6) is 0 Å². The first-order valence-electron chi connectivity index (χ1n) is 9.13. The second-order valence-corrected chi connectivity index (χ2v) is 7.21. The molecule has 1 aliphatic rings. The molecule has 0 bridgehead atoms. The van der Waals surface area contributed by atoms with Crippen molar-refractivity contribution in [3.63, 3.8) is 0 Å². The maximum atomic E-state index is 11.0. The average Bonchev–Trinajstić information content (AvgIpc) is 3.10. The Kier molecular flexibility index (Phi) is 7.40. The molecule has 1 unspecified atom stereocenters.